The summed E-state index contributed by atoms with van der Waals surface area (Å²) in [5, 5.41) is 19.4. The molecule has 0 saturated heterocycles. The van der Waals surface area contributed by atoms with E-state index in [2.05, 4.69) is 0 Å². The molecule has 140 valence electrons. The van der Waals surface area contributed by atoms with Crippen LogP contribution in [0.3, 0.4) is 0 Å². The summed E-state index contributed by atoms with van der Waals surface area (Å²) in [5.41, 5.74) is 3.36. The van der Waals surface area contributed by atoms with E-state index in [4.69, 9.17) is 4.74 Å². The van der Waals surface area contributed by atoms with Crippen molar-refractivity contribution in [2.45, 2.75) is 6.54 Å². The number of carboxylic acid groups (broad SMARTS) is 1. The number of aromatic carboxylic acids is 1. The molecule has 0 radical (unpaired) electrons. The molecule has 1 aliphatic rings. The van der Waals surface area contributed by atoms with Crippen LogP contribution in [0.5, 0.6) is 11.5 Å². The van der Waals surface area contributed by atoms with Crippen LogP contribution >= 0.6 is 0 Å². The molecule has 3 aromatic carbocycles. The highest BCUT2D eigenvalue weighted by Gasteiger charge is 2.30. The SMILES string of the molecule is COc1ccc(C(=O)O)cc1-c1ccc2c(c1)CN(c1ccccc1O)C2=O. The minimum Gasteiger partial charge on any atom is -0.506 e. The van der Waals surface area contributed by atoms with Crippen molar-refractivity contribution in [2.75, 3.05) is 12.0 Å². The number of carboxylic acids is 1. The molecule has 0 aromatic heterocycles. The summed E-state index contributed by atoms with van der Waals surface area (Å²) in [7, 11) is 1.52. The number of nitrogens with zero attached hydrogens (tertiary/aromatic N) is 1. The number of benzene rings is 3. The van der Waals surface area contributed by atoms with Gasteiger partial charge in [0, 0.05) is 11.1 Å². The fourth-order valence-corrected chi connectivity index (χ4v) is 3.44. The summed E-state index contributed by atoms with van der Waals surface area (Å²) in [4.78, 5) is 25.6. The lowest BCUT2D eigenvalue weighted by Gasteiger charge is -2.16. The van der Waals surface area contributed by atoms with Crippen molar-refractivity contribution >= 4 is 17.6 Å². The molecule has 1 amide bonds. The van der Waals surface area contributed by atoms with Crippen LogP contribution < -0.4 is 9.64 Å². The molecule has 1 heterocycles. The summed E-state index contributed by atoms with van der Waals surface area (Å²) in [6, 6.07) is 16.7. The second kappa shape index (κ2) is 6.74. The first-order chi connectivity index (χ1) is 13.5. The number of hydrogen-bond acceptors (Lipinski definition) is 4. The summed E-state index contributed by atoms with van der Waals surface area (Å²) in [5.74, 6) is -0.619. The molecule has 0 unspecified atom stereocenters. The van der Waals surface area contributed by atoms with Crippen molar-refractivity contribution in [3.63, 3.8) is 0 Å². The van der Waals surface area contributed by atoms with E-state index in [0.717, 1.165) is 11.1 Å². The number of phenolic OH excluding ortho intramolecular Hbond substituents is 1. The summed E-state index contributed by atoms with van der Waals surface area (Å²) in [6.07, 6.45) is 0. The topological polar surface area (TPSA) is 87.1 Å². The Labute approximate surface area is 161 Å². The Hall–Kier alpha value is -3.80. The van der Waals surface area contributed by atoms with E-state index in [1.807, 2.05) is 6.07 Å². The van der Waals surface area contributed by atoms with Gasteiger partial charge in [0.2, 0.25) is 0 Å². The molecule has 2 N–H and O–H groups in total. The second-order valence-corrected chi connectivity index (χ2v) is 6.47. The second-order valence-electron chi connectivity index (χ2n) is 6.47. The molecule has 6 heteroatoms. The Morgan fingerprint density at radius 2 is 1.82 bits per heavy atom. The number of carbonyl (C=O) groups is 2. The Kier molecular flexibility index (Phi) is 4.24. The molecule has 6 nitrogen and oxygen atoms in total. The third-order valence-electron chi connectivity index (χ3n) is 4.84. The van der Waals surface area contributed by atoms with E-state index < -0.39 is 5.97 Å². The third-order valence-corrected chi connectivity index (χ3v) is 4.84. The van der Waals surface area contributed by atoms with E-state index >= 15 is 0 Å². The molecule has 0 saturated carbocycles. The number of anilines is 1. The highest BCUT2D eigenvalue weighted by molar-refractivity contribution is 6.11. The Bertz CT molecular complexity index is 1110. The fraction of sp³-hybridized carbons (Fsp3) is 0.0909. The fourth-order valence-electron chi connectivity index (χ4n) is 3.44. The highest BCUT2D eigenvalue weighted by Crippen LogP contribution is 2.37. The Morgan fingerprint density at radius 3 is 2.54 bits per heavy atom. The summed E-state index contributed by atoms with van der Waals surface area (Å²) in [6.45, 7) is 0.320. The molecular weight excluding hydrogens is 358 g/mol. The number of carbonyl (C=O) groups excluding carboxylic acids is 1. The molecular formula is C22H17NO5. The molecule has 4 rings (SSSR count). The van der Waals surface area contributed by atoms with Crippen LogP contribution in [0.1, 0.15) is 26.3 Å². The van der Waals surface area contributed by atoms with E-state index in [1.165, 1.54) is 18.1 Å². The van der Waals surface area contributed by atoms with Crippen LogP contribution in [0.2, 0.25) is 0 Å². The van der Waals surface area contributed by atoms with E-state index in [9.17, 15) is 19.8 Å². The maximum atomic E-state index is 12.8. The van der Waals surface area contributed by atoms with Gasteiger partial charge in [-0.05, 0) is 53.6 Å². The normalized spacial score (nSPS) is 12.8. The number of fused-ring (bicyclic) bond motifs is 1. The molecule has 1 aliphatic heterocycles. The average molecular weight is 375 g/mol. The third kappa shape index (κ3) is 2.85. The van der Waals surface area contributed by atoms with Gasteiger partial charge in [-0.1, -0.05) is 18.2 Å². The lowest BCUT2D eigenvalue weighted by molar-refractivity contribution is 0.0696. The number of hydrogen-bond donors (Lipinski definition) is 2. The molecule has 28 heavy (non-hydrogen) atoms. The number of phenols is 1. The van der Waals surface area contributed by atoms with Gasteiger partial charge in [-0.2, -0.15) is 0 Å². The smallest absolute Gasteiger partial charge is 0.335 e. The molecule has 0 bridgehead atoms. The Balaban J connectivity index is 1.76. The largest absolute Gasteiger partial charge is 0.506 e. The first kappa shape index (κ1) is 17.6. The maximum absolute atomic E-state index is 12.8. The number of ether oxygens (including phenoxy) is 1. The predicted molar refractivity (Wildman–Crippen MR) is 104 cm³/mol. The number of aromatic hydroxyl groups is 1. The number of methoxy groups -OCH3 is 1. The van der Waals surface area contributed by atoms with Crippen LogP contribution in [-0.4, -0.2) is 29.2 Å². The number of rotatable bonds is 4. The zero-order valence-corrected chi connectivity index (χ0v) is 15.0. The van der Waals surface area contributed by atoms with Crippen LogP contribution in [-0.2, 0) is 6.54 Å². The average Bonchev–Trinajstić information content (AvgIpc) is 3.03. The van der Waals surface area contributed by atoms with E-state index in [0.29, 0.717) is 29.1 Å². The van der Waals surface area contributed by atoms with Gasteiger partial charge in [0.05, 0.1) is 24.9 Å². The van der Waals surface area contributed by atoms with E-state index in [1.54, 1.807) is 48.5 Å². The van der Waals surface area contributed by atoms with Crippen LogP contribution in [0.25, 0.3) is 11.1 Å². The number of para-hydroxylation sites is 2. The van der Waals surface area contributed by atoms with Gasteiger partial charge in [-0.25, -0.2) is 4.79 Å². The van der Waals surface area contributed by atoms with Gasteiger partial charge in [-0.15, -0.1) is 0 Å². The predicted octanol–water partition coefficient (Wildman–Crippen LogP) is 3.93. The zero-order chi connectivity index (χ0) is 19.8. The van der Waals surface area contributed by atoms with Crippen LogP contribution in [0.15, 0.2) is 60.7 Å². The molecule has 0 atom stereocenters. The standard InChI is InChI=1S/C22H17NO5/c1-28-20-9-7-14(22(26)27)11-17(20)13-6-8-16-15(10-13)12-23(21(16)25)18-4-2-3-5-19(18)24/h2-11,24H,12H2,1H3,(H,26,27). The van der Waals surface area contributed by atoms with Gasteiger partial charge in [0.25, 0.3) is 5.91 Å². The van der Waals surface area contributed by atoms with Crippen molar-refractivity contribution in [3.8, 4) is 22.6 Å². The molecule has 0 aliphatic carbocycles. The first-order valence-corrected chi connectivity index (χ1v) is 8.64. The van der Waals surface area contributed by atoms with Crippen molar-refractivity contribution in [3.05, 3.63) is 77.4 Å². The summed E-state index contributed by atoms with van der Waals surface area (Å²) < 4.78 is 5.38. The van der Waals surface area contributed by atoms with Gasteiger partial charge >= 0.3 is 5.97 Å². The minimum atomic E-state index is -1.02. The number of amides is 1. The lowest BCUT2D eigenvalue weighted by Crippen LogP contribution is -2.22. The van der Waals surface area contributed by atoms with Crippen molar-refractivity contribution in [2.24, 2.45) is 0 Å². The Morgan fingerprint density at radius 1 is 1.04 bits per heavy atom. The van der Waals surface area contributed by atoms with Gasteiger partial charge in [0.15, 0.2) is 0 Å². The monoisotopic (exact) mass is 375 g/mol. The first-order valence-electron chi connectivity index (χ1n) is 8.64. The summed E-state index contributed by atoms with van der Waals surface area (Å²) >= 11 is 0. The van der Waals surface area contributed by atoms with Crippen molar-refractivity contribution in [1.29, 1.82) is 0 Å². The quantitative estimate of drug-likeness (QED) is 0.722. The highest BCUT2D eigenvalue weighted by atomic mass is 16.5. The van der Waals surface area contributed by atoms with Gasteiger partial charge < -0.3 is 19.8 Å². The van der Waals surface area contributed by atoms with E-state index in [-0.39, 0.29) is 17.2 Å². The van der Waals surface area contributed by atoms with Crippen LogP contribution in [0.4, 0.5) is 5.69 Å². The van der Waals surface area contributed by atoms with Crippen molar-refractivity contribution in [1.82, 2.24) is 0 Å². The van der Waals surface area contributed by atoms with Crippen molar-refractivity contribution < 1.29 is 24.5 Å². The maximum Gasteiger partial charge on any atom is 0.335 e. The molecule has 0 fully saturated rings. The molecule has 0 spiro atoms. The van der Waals surface area contributed by atoms with Crippen LogP contribution in [0, 0.1) is 0 Å². The minimum absolute atomic E-state index is 0.0414. The van der Waals surface area contributed by atoms with Gasteiger partial charge in [-0.3, -0.25) is 4.79 Å². The zero-order valence-electron chi connectivity index (χ0n) is 15.0. The van der Waals surface area contributed by atoms with Gasteiger partial charge in [0.1, 0.15) is 11.5 Å². The molecule has 3 aromatic rings. The lowest BCUT2D eigenvalue weighted by atomic mass is 9.98.